The largest absolute Gasteiger partial charge is 0.419 e. The Balaban J connectivity index is 2.38. The van der Waals surface area contributed by atoms with Gasteiger partial charge in [-0.2, -0.15) is 0 Å². The lowest BCUT2D eigenvalue weighted by Gasteiger charge is -2.10. The first-order chi connectivity index (χ1) is 9.56. The molecule has 0 aliphatic rings. The molecule has 0 saturated heterocycles. The molecule has 1 aromatic carbocycles. The summed E-state index contributed by atoms with van der Waals surface area (Å²) in [6, 6.07) is 0.959. The minimum absolute atomic E-state index is 0.187. The molecular weight excluding hydrogens is 271 g/mol. The lowest BCUT2D eigenvalue weighted by atomic mass is 10.2. The predicted molar refractivity (Wildman–Crippen MR) is 66.3 cm³/mol. The highest BCUT2D eigenvalue weighted by Gasteiger charge is 2.22. The van der Waals surface area contributed by atoms with Gasteiger partial charge in [0.25, 0.3) is 5.89 Å². The summed E-state index contributed by atoms with van der Waals surface area (Å²) in [6.45, 7) is 4.52. The molecule has 1 N–H and O–H groups in total. The van der Waals surface area contributed by atoms with E-state index in [4.69, 9.17) is 4.42 Å². The van der Waals surface area contributed by atoms with Gasteiger partial charge in [-0.3, -0.25) is 0 Å². The van der Waals surface area contributed by atoms with Crippen molar-refractivity contribution in [3.05, 3.63) is 35.5 Å². The highest BCUT2D eigenvalue weighted by molar-refractivity contribution is 5.54. The number of halogens is 3. The number of benzene rings is 1. The van der Waals surface area contributed by atoms with E-state index in [2.05, 4.69) is 15.5 Å². The zero-order valence-electron chi connectivity index (χ0n) is 11.1. The molecular formula is C13H14F3N3O. The van der Waals surface area contributed by atoms with Crippen molar-refractivity contribution < 1.29 is 17.6 Å². The van der Waals surface area contributed by atoms with E-state index in [0.717, 1.165) is 0 Å². The monoisotopic (exact) mass is 285 g/mol. The van der Waals surface area contributed by atoms with E-state index >= 15 is 0 Å². The molecule has 0 amide bonds. The van der Waals surface area contributed by atoms with Crippen LogP contribution in [0.1, 0.15) is 32.2 Å². The van der Waals surface area contributed by atoms with Gasteiger partial charge in [0.1, 0.15) is 23.0 Å². The number of nitrogens with zero attached hydrogens (tertiary/aromatic N) is 2. The first-order valence-corrected chi connectivity index (χ1v) is 6.28. The maximum absolute atomic E-state index is 13.6. The van der Waals surface area contributed by atoms with Crippen molar-refractivity contribution in [2.45, 2.75) is 26.3 Å². The summed E-state index contributed by atoms with van der Waals surface area (Å²) >= 11 is 0. The molecule has 0 bridgehead atoms. The van der Waals surface area contributed by atoms with E-state index in [1.165, 1.54) is 0 Å². The van der Waals surface area contributed by atoms with E-state index in [1.54, 1.807) is 0 Å². The molecule has 0 aliphatic heterocycles. The highest BCUT2D eigenvalue weighted by Crippen LogP contribution is 2.27. The fourth-order valence-electron chi connectivity index (χ4n) is 1.88. The molecule has 0 radical (unpaired) electrons. The van der Waals surface area contributed by atoms with Crippen LogP contribution in [0, 0.1) is 17.5 Å². The fraction of sp³-hybridized carbons (Fsp3) is 0.385. The van der Waals surface area contributed by atoms with E-state index in [9.17, 15) is 13.2 Å². The maximum atomic E-state index is 13.6. The lowest BCUT2D eigenvalue weighted by Crippen LogP contribution is -2.20. The minimum Gasteiger partial charge on any atom is -0.419 e. The van der Waals surface area contributed by atoms with Crippen molar-refractivity contribution >= 4 is 0 Å². The highest BCUT2D eigenvalue weighted by atomic mass is 19.1. The Morgan fingerprint density at radius 1 is 1.15 bits per heavy atom. The molecule has 2 aromatic rings. The summed E-state index contributed by atoms with van der Waals surface area (Å²) in [6.07, 6.45) is 0.684. The smallest absolute Gasteiger partial charge is 0.253 e. The minimum atomic E-state index is -1.07. The Kier molecular flexibility index (Phi) is 4.39. The van der Waals surface area contributed by atoms with Gasteiger partial charge in [0.15, 0.2) is 0 Å². The standard InChI is InChI=1S/C13H14F3N3O/c1-3-10(17-4-2)12-18-19-13(20-12)11-8(15)5-7(14)6-9(11)16/h5-6,10,17H,3-4H2,1-2H3. The topological polar surface area (TPSA) is 51.0 Å². The van der Waals surface area contributed by atoms with Crippen LogP contribution in [0.2, 0.25) is 0 Å². The van der Waals surface area contributed by atoms with E-state index in [1.807, 2.05) is 13.8 Å². The van der Waals surface area contributed by atoms with Gasteiger partial charge in [-0.05, 0) is 13.0 Å². The van der Waals surface area contributed by atoms with Gasteiger partial charge in [0.2, 0.25) is 5.89 Å². The van der Waals surface area contributed by atoms with Gasteiger partial charge < -0.3 is 9.73 Å². The van der Waals surface area contributed by atoms with Crippen LogP contribution in [0.3, 0.4) is 0 Å². The summed E-state index contributed by atoms with van der Waals surface area (Å²) in [7, 11) is 0. The maximum Gasteiger partial charge on any atom is 0.253 e. The Morgan fingerprint density at radius 2 is 1.80 bits per heavy atom. The quantitative estimate of drug-likeness (QED) is 0.916. The number of hydrogen-bond donors (Lipinski definition) is 1. The SMILES string of the molecule is CCNC(CC)c1nnc(-c2c(F)cc(F)cc2F)o1. The summed E-state index contributed by atoms with van der Waals surface area (Å²) in [5.41, 5.74) is -0.517. The second-order valence-corrected chi connectivity index (χ2v) is 4.21. The van der Waals surface area contributed by atoms with Crippen LogP contribution < -0.4 is 5.32 Å². The molecule has 1 unspecified atom stereocenters. The third-order valence-corrected chi connectivity index (χ3v) is 2.82. The molecule has 4 nitrogen and oxygen atoms in total. The van der Waals surface area contributed by atoms with Crippen LogP contribution in [0.25, 0.3) is 11.5 Å². The molecule has 20 heavy (non-hydrogen) atoms. The van der Waals surface area contributed by atoms with Gasteiger partial charge in [-0.15, -0.1) is 10.2 Å². The molecule has 108 valence electrons. The molecule has 1 heterocycles. The number of nitrogens with one attached hydrogen (secondary N) is 1. The first kappa shape index (κ1) is 14.5. The lowest BCUT2D eigenvalue weighted by molar-refractivity contribution is 0.399. The van der Waals surface area contributed by atoms with Crippen molar-refractivity contribution in [2.24, 2.45) is 0 Å². The fourth-order valence-corrected chi connectivity index (χ4v) is 1.88. The van der Waals surface area contributed by atoms with Crippen molar-refractivity contribution in [1.29, 1.82) is 0 Å². The van der Waals surface area contributed by atoms with Crippen molar-refractivity contribution in [1.82, 2.24) is 15.5 Å². The van der Waals surface area contributed by atoms with E-state index in [0.29, 0.717) is 25.1 Å². The summed E-state index contributed by atoms with van der Waals surface area (Å²) in [4.78, 5) is 0. The molecule has 7 heteroatoms. The van der Waals surface area contributed by atoms with Crippen molar-refractivity contribution in [3.8, 4) is 11.5 Å². The Labute approximate surface area is 114 Å². The molecule has 0 aliphatic carbocycles. The van der Waals surface area contributed by atoms with Gasteiger partial charge in [-0.1, -0.05) is 13.8 Å². The summed E-state index contributed by atoms with van der Waals surface area (Å²) < 4.78 is 45.4. The Bertz CT molecular complexity index is 577. The molecule has 0 saturated carbocycles. The van der Waals surface area contributed by atoms with Gasteiger partial charge in [-0.25, -0.2) is 13.2 Å². The number of aromatic nitrogens is 2. The molecule has 1 aromatic heterocycles. The van der Waals surface area contributed by atoms with Crippen LogP contribution in [0.4, 0.5) is 13.2 Å². The van der Waals surface area contributed by atoms with Crippen LogP contribution >= 0.6 is 0 Å². The second kappa shape index (κ2) is 6.04. The molecule has 1 atom stereocenters. The zero-order valence-corrected chi connectivity index (χ0v) is 11.1. The normalized spacial score (nSPS) is 12.7. The first-order valence-electron chi connectivity index (χ1n) is 6.28. The predicted octanol–water partition coefficient (Wildman–Crippen LogP) is 3.21. The number of hydrogen-bond acceptors (Lipinski definition) is 4. The Hall–Kier alpha value is -1.89. The van der Waals surface area contributed by atoms with Crippen LogP contribution in [-0.4, -0.2) is 16.7 Å². The zero-order chi connectivity index (χ0) is 14.7. The second-order valence-electron chi connectivity index (χ2n) is 4.21. The van der Waals surface area contributed by atoms with Crippen molar-refractivity contribution in [3.63, 3.8) is 0 Å². The van der Waals surface area contributed by atoms with Gasteiger partial charge in [0, 0.05) is 12.1 Å². The van der Waals surface area contributed by atoms with Crippen LogP contribution in [0.5, 0.6) is 0 Å². The van der Waals surface area contributed by atoms with Crippen LogP contribution in [-0.2, 0) is 0 Å². The van der Waals surface area contributed by atoms with E-state index in [-0.39, 0.29) is 17.8 Å². The third-order valence-electron chi connectivity index (χ3n) is 2.82. The summed E-state index contributed by atoms with van der Waals surface area (Å²) in [5.74, 6) is -3.20. The van der Waals surface area contributed by atoms with Gasteiger partial charge >= 0.3 is 0 Å². The average molecular weight is 285 g/mol. The molecule has 0 spiro atoms. The van der Waals surface area contributed by atoms with Crippen molar-refractivity contribution in [2.75, 3.05) is 6.54 Å². The summed E-state index contributed by atoms with van der Waals surface area (Å²) in [5, 5.41) is 10.5. The Morgan fingerprint density at radius 3 is 2.35 bits per heavy atom. The van der Waals surface area contributed by atoms with Crippen LogP contribution in [0.15, 0.2) is 16.5 Å². The van der Waals surface area contributed by atoms with Gasteiger partial charge in [0.05, 0.1) is 6.04 Å². The van der Waals surface area contributed by atoms with E-state index < -0.39 is 23.0 Å². The average Bonchev–Trinajstić information content (AvgIpc) is 2.84. The molecule has 2 rings (SSSR count). The third kappa shape index (κ3) is 2.82. The number of rotatable bonds is 5. The molecule has 0 fully saturated rings.